The van der Waals surface area contributed by atoms with Crippen LogP contribution in [0.25, 0.3) is 0 Å². The molecule has 0 bridgehead atoms. The van der Waals surface area contributed by atoms with Crippen molar-refractivity contribution >= 4 is 0 Å². The van der Waals surface area contributed by atoms with Crippen LogP contribution in [-0.4, -0.2) is 11.7 Å². The van der Waals surface area contributed by atoms with Gasteiger partial charge in [0.05, 0.1) is 11.7 Å². The largest absolute Gasteiger partial charge is 0.364 e. The van der Waals surface area contributed by atoms with Crippen molar-refractivity contribution in [3.63, 3.8) is 0 Å². The molecule has 0 saturated carbocycles. The van der Waals surface area contributed by atoms with Gasteiger partial charge in [-0.3, -0.25) is 0 Å². The van der Waals surface area contributed by atoms with Gasteiger partial charge in [-0.25, -0.2) is 0 Å². The van der Waals surface area contributed by atoms with Crippen LogP contribution in [0.1, 0.15) is 72.1 Å². The highest BCUT2D eigenvalue weighted by molar-refractivity contribution is 5.10. The SMILES string of the molecule is CCCCCC1(CCCCC)C=CC(C)O1. The molecule has 0 saturated heterocycles. The minimum absolute atomic E-state index is 0.0871. The van der Waals surface area contributed by atoms with Crippen LogP contribution in [-0.2, 0) is 4.74 Å². The second-order valence-corrected chi connectivity index (χ2v) is 5.16. The maximum absolute atomic E-state index is 6.13. The zero-order valence-electron chi connectivity index (χ0n) is 11.3. The summed E-state index contributed by atoms with van der Waals surface area (Å²) in [5.41, 5.74) is 0.0871. The molecule has 0 fully saturated rings. The third-order valence-electron chi connectivity index (χ3n) is 3.50. The van der Waals surface area contributed by atoms with Gasteiger partial charge in [0.1, 0.15) is 0 Å². The Balaban J connectivity index is 2.39. The average molecular weight is 224 g/mol. The zero-order chi connectivity index (χ0) is 11.9. The van der Waals surface area contributed by atoms with Crippen LogP contribution in [0.3, 0.4) is 0 Å². The molecule has 1 heterocycles. The standard InChI is InChI=1S/C15H28O/c1-4-6-8-11-15(12-9-7-5-2)13-10-14(3)16-15/h10,13-14H,4-9,11-12H2,1-3H3. The Morgan fingerprint density at radius 3 is 1.94 bits per heavy atom. The van der Waals surface area contributed by atoms with Crippen molar-refractivity contribution in [2.24, 2.45) is 0 Å². The van der Waals surface area contributed by atoms with Crippen molar-refractivity contribution in [2.75, 3.05) is 0 Å². The summed E-state index contributed by atoms with van der Waals surface area (Å²) in [5, 5.41) is 0. The zero-order valence-corrected chi connectivity index (χ0v) is 11.3. The lowest BCUT2D eigenvalue weighted by Gasteiger charge is -2.28. The summed E-state index contributed by atoms with van der Waals surface area (Å²) >= 11 is 0. The van der Waals surface area contributed by atoms with Crippen LogP contribution in [0.5, 0.6) is 0 Å². The third kappa shape index (κ3) is 4.29. The van der Waals surface area contributed by atoms with E-state index >= 15 is 0 Å². The minimum atomic E-state index is 0.0871. The molecule has 1 rings (SSSR count). The molecule has 0 aromatic carbocycles. The van der Waals surface area contributed by atoms with Gasteiger partial charge in [0.25, 0.3) is 0 Å². The summed E-state index contributed by atoms with van der Waals surface area (Å²) < 4.78 is 6.13. The predicted octanol–water partition coefficient (Wildman–Crippen LogP) is 4.86. The van der Waals surface area contributed by atoms with Crippen LogP contribution in [0.4, 0.5) is 0 Å². The van der Waals surface area contributed by atoms with Crippen LogP contribution in [0.15, 0.2) is 12.2 Å². The second kappa shape index (κ2) is 7.11. The molecule has 94 valence electrons. The fourth-order valence-electron chi connectivity index (χ4n) is 2.52. The second-order valence-electron chi connectivity index (χ2n) is 5.16. The van der Waals surface area contributed by atoms with E-state index in [1.807, 2.05) is 0 Å². The van der Waals surface area contributed by atoms with Gasteiger partial charge < -0.3 is 4.74 Å². The molecule has 0 aromatic heterocycles. The van der Waals surface area contributed by atoms with Gasteiger partial charge in [-0.2, -0.15) is 0 Å². The van der Waals surface area contributed by atoms with Gasteiger partial charge in [0, 0.05) is 0 Å². The van der Waals surface area contributed by atoms with Gasteiger partial charge in [-0.15, -0.1) is 0 Å². The van der Waals surface area contributed by atoms with Crippen LogP contribution >= 0.6 is 0 Å². The summed E-state index contributed by atoms with van der Waals surface area (Å²) in [6.45, 7) is 6.67. The van der Waals surface area contributed by atoms with Gasteiger partial charge in [-0.1, -0.05) is 64.5 Å². The molecule has 0 aromatic rings. The summed E-state index contributed by atoms with van der Waals surface area (Å²) in [4.78, 5) is 0. The highest BCUT2D eigenvalue weighted by atomic mass is 16.5. The molecule has 1 atom stereocenters. The number of hydrogen-bond donors (Lipinski definition) is 0. The van der Waals surface area contributed by atoms with E-state index in [4.69, 9.17) is 4.74 Å². The molecule has 1 heteroatoms. The molecule has 0 amide bonds. The van der Waals surface area contributed by atoms with Crippen molar-refractivity contribution in [3.8, 4) is 0 Å². The summed E-state index contributed by atoms with van der Waals surface area (Å²) in [6.07, 6.45) is 15.2. The van der Waals surface area contributed by atoms with Crippen LogP contribution in [0, 0.1) is 0 Å². The van der Waals surface area contributed by atoms with Gasteiger partial charge in [0.2, 0.25) is 0 Å². The number of rotatable bonds is 8. The van der Waals surface area contributed by atoms with Crippen molar-refractivity contribution in [1.29, 1.82) is 0 Å². The molecule has 1 nitrogen and oxygen atoms in total. The van der Waals surface area contributed by atoms with Crippen molar-refractivity contribution in [1.82, 2.24) is 0 Å². The van der Waals surface area contributed by atoms with Crippen molar-refractivity contribution < 1.29 is 4.74 Å². The van der Waals surface area contributed by atoms with E-state index in [9.17, 15) is 0 Å². The molecule has 0 aliphatic carbocycles. The van der Waals surface area contributed by atoms with Crippen molar-refractivity contribution in [3.05, 3.63) is 12.2 Å². The molecular formula is C15H28O. The Hall–Kier alpha value is -0.300. The molecule has 1 aliphatic rings. The first kappa shape index (κ1) is 13.8. The predicted molar refractivity (Wildman–Crippen MR) is 70.7 cm³/mol. The normalized spacial score (nSPS) is 22.8. The van der Waals surface area contributed by atoms with Crippen LogP contribution in [0.2, 0.25) is 0 Å². The monoisotopic (exact) mass is 224 g/mol. The lowest BCUT2D eigenvalue weighted by atomic mass is 9.90. The maximum Gasteiger partial charge on any atom is 0.0871 e. The molecule has 16 heavy (non-hydrogen) atoms. The number of unbranched alkanes of at least 4 members (excludes halogenated alkanes) is 4. The number of ether oxygens (including phenoxy) is 1. The Bertz CT molecular complexity index is 197. The fourth-order valence-corrected chi connectivity index (χ4v) is 2.52. The number of hydrogen-bond acceptors (Lipinski definition) is 1. The van der Waals surface area contributed by atoms with E-state index in [0.717, 1.165) is 0 Å². The van der Waals surface area contributed by atoms with E-state index in [-0.39, 0.29) is 5.60 Å². The molecule has 1 aliphatic heterocycles. The highest BCUT2D eigenvalue weighted by Crippen LogP contribution is 2.33. The first-order valence-electron chi connectivity index (χ1n) is 7.09. The molecule has 0 spiro atoms. The quantitative estimate of drug-likeness (QED) is 0.422. The summed E-state index contributed by atoms with van der Waals surface area (Å²) in [5.74, 6) is 0. The Labute approximate surface area is 101 Å². The van der Waals surface area contributed by atoms with Gasteiger partial charge >= 0.3 is 0 Å². The topological polar surface area (TPSA) is 9.23 Å². The molecule has 1 unspecified atom stereocenters. The van der Waals surface area contributed by atoms with Gasteiger partial charge in [0.15, 0.2) is 0 Å². The maximum atomic E-state index is 6.13. The smallest absolute Gasteiger partial charge is 0.0871 e. The van der Waals surface area contributed by atoms with Crippen molar-refractivity contribution in [2.45, 2.75) is 83.8 Å². The molecule has 0 N–H and O–H groups in total. The molecular weight excluding hydrogens is 196 g/mol. The molecule has 0 radical (unpaired) electrons. The lowest BCUT2D eigenvalue weighted by molar-refractivity contribution is -0.0300. The Kier molecular flexibility index (Phi) is 6.12. The van der Waals surface area contributed by atoms with E-state index in [1.165, 1.54) is 51.4 Å². The first-order valence-corrected chi connectivity index (χ1v) is 7.09. The van der Waals surface area contributed by atoms with Crippen LogP contribution < -0.4 is 0 Å². The highest BCUT2D eigenvalue weighted by Gasteiger charge is 2.32. The third-order valence-corrected chi connectivity index (χ3v) is 3.50. The van der Waals surface area contributed by atoms with Gasteiger partial charge in [-0.05, 0) is 19.8 Å². The Morgan fingerprint density at radius 2 is 1.56 bits per heavy atom. The van der Waals surface area contributed by atoms with E-state index < -0.39 is 0 Å². The minimum Gasteiger partial charge on any atom is -0.364 e. The fraction of sp³-hybridized carbons (Fsp3) is 0.867. The van der Waals surface area contributed by atoms with E-state index in [1.54, 1.807) is 0 Å². The average Bonchev–Trinajstić information content (AvgIpc) is 2.62. The summed E-state index contributed by atoms with van der Waals surface area (Å²) in [7, 11) is 0. The summed E-state index contributed by atoms with van der Waals surface area (Å²) in [6, 6.07) is 0. The first-order chi connectivity index (χ1) is 7.72. The lowest BCUT2D eigenvalue weighted by Crippen LogP contribution is -2.28. The Morgan fingerprint density at radius 1 is 1.00 bits per heavy atom. The van der Waals surface area contributed by atoms with E-state index in [0.29, 0.717) is 6.10 Å². The van der Waals surface area contributed by atoms with E-state index in [2.05, 4.69) is 32.9 Å².